The second-order valence-electron chi connectivity index (χ2n) is 6.42. The van der Waals surface area contributed by atoms with Gasteiger partial charge in [0.15, 0.2) is 0 Å². The normalized spacial score (nSPS) is 14.3. The molecule has 1 fully saturated rings. The van der Waals surface area contributed by atoms with Gasteiger partial charge in [-0.1, -0.05) is 35.5 Å². The minimum atomic E-state index is -0.121. The number of ether oxygens (including phenoxy) is 1. The SMILES string of the molecule is COc1cccc(-c2cc(C(=O)N3CCN(c4ccccc4)CC3)on2)c1. The van der Waals surface area contributed by atoms with Crippen molar-refractivity contribution in [2.75, 3.05) is 38.2 Å². The van der Waals surface area contributed by atoms with Gasteiger partial charge in [-0.25, -0.2) is 0 Å². The summed E-state index contributed by atoms with van der Waals surface area (Å²) in [5.74, 6) is 0.880. The van der Waals surface area contributed by atoms with E-state index < -0.39 is 0 Å². The number of amides is 1. The van der Waals surface area contributed by atoms with Crippen LogP contribution in [0.2, 0.25) is 0 Å². The third kappa shape index (κ3) is 3.65. The van der Waals surface area contributed by atoms with E-state index in [1.54, 1.807) is 13.2 Å². The molecule has 1 aliphatic heterocycles. The lowest BCUT2D eigenvalue weighted by atomic mass is 10.1. The molecule has 0 spiro atoms. The second kappa shape index (κ2) is 7.53. The van der Waals surface area contributed by atoms with Crippen LogP contribution in [0.5, 0.6) is 5.75 Å². The summed E-state index contributed by atoms with van der Waals surface area (Å²) in [4.78, 5) is 16.9. The first-order valence-corrected chi connectivity index (χ1v) is 8.95. The van der Waals surface area contributed by atoms with Crippen LogP contribution in [0, 0.1) is 0 Å². The Labute approximate surface area is 157 Å². The van der Waals surface area contributed by atoms with Crippen molar-refractivity contribution in [2.45, 2.75) is 0 Å². The van der Waals surface area contributed by atoms with E-state index in [-0.39, 0.29) is 11.7 Å². The first-order valence-electron chi connectivity index (χ1n) is 8.95. The quantitative estimate of drug-likeness (QED) is 0.712. The molecule has 6 heteroatoms. The van der Waals surface area contributed by atoms with Crippen molar-refractivity contribution in [1.29, 1.82) is 0 Å². The van der Waals surface area contributed by atoms with E-state index in [0.29, 0.717) is 18.8 Å². The monoisotopic (exact) mass is 363 g/mol. The summed E-state index contributed by atoms with van der Waals surface area (Å²) in [5.41, 5.74) is 2.66. The van der Waals surface area contributed by atoms with Gasteiger partial charge >= 0.3 is 0 Å². The number of carbonyl (C=O) groups excluding carboxylic acids is 1. The van der Waals surface area contributed by atoms with E-state index >= 15 is 0 Å². The van der Waals surface area contributed by atoms with Crippen molar-refractivity contribution < 1.29 is 14.1 Å². The molecule has 138 valence electrons. The first kappa shape index (κ1) is 17.1. The number of hydrogen-bond donors (Lipinski definition) is 0. The highest BCUT2D eigenvalue weighted by Crippen LogP contribution is 2.24. The number of benzene rings is 2. The number of para-hydroxylation sites is 1. The van der Waals surface area contributed by atoms with Gasteiger partial charge in [0.1, 0.15) is 11.4 Å². The summed E-state index contributed by atoms with van der Waals surface area (Å²) in [7, 11) is 1.62. The number of anilines is 1. The first-order chi connectivity index (χ1) is 13.2. The minimum absolute atomic E-state index is 0.121. The Morgan fingerprint density at radius 1 is 1.00 bits per heavy atom. The summed E-state index contributed by atoms with van der Waals surface area (Å²) in [6, 6.07) is 19.5. The van der Waals surface area contributed by atoms with Gasteiger partial charge in [0.25, 0.3) is 5.91 Å². The van der Waals surface area contributed by atoms with Crippen molar-refractivity contribution in [3.63, 3.8) is 0 Å². The molecule has 0 atom stereocenters. The zero-order valence-electron chi connectivity index (χ0n) is 15.2. The van der Waals surface area contributed by atoms with Gasteiger partial charge in [-0.05, 0) is 24.3 Å². The zero-order chi connectivity index (χ0) is 18.6. The Morgan fingerprint density at radius 2 is 1.78 bits per heavy atom. The van der Waals surface area contributed by atoms with Crippen LogP contribution in [0.1, 0.15) is 10.6 Å². The smallest absolute Gasteiger partial charge is 0.292 e. The Kier molecular flexibility index (Phi) is 4.78. The molecule has 1 aromatic heterocycles. The molecule has 0 bridgehead atoms. The molecule has 0 radical (unpaired) electrons. The molecule has 1 amide bonds. The van der Waals surface area contributed by atoms with Crippen LogP contribution >= 0.6 is 0 Å². The Bertz CT molecular complexity index is 915. The third-order valence-electron chi connectivity index (χ3n) is 4.77. The molecule has 4 rings (SSSR count). The Balaban J connectivity index is 1.43. The van der Waals surface area contributed by atoms with Gasteiger partial charge < -0.3 is 19.1 Å². The van der Waals surface area contributed by atoms with Crippen molar-refractivity contribution >= 4 is 11.6 Å². The number of carbonyl (C=O) groups is 1. The van der Waals surface area contributed by atoms with Gasteiger partial charge in [0, 0.05) is 43.5 Å². The molecule has 0 saturated carbocycles. The van der Waals surface area contributed by atoms with Gasteiger partial charge in [-0.2, -0.15) is 0 Å². The van der Waals surface area contributed by atoms with Crippen LogP contribution < -0.4 is 9.64 Å². The van der Waals surface area contributed by atoms with Crippen molar-refractivity contribution in [2.24, 2.45) is 0 Å². The summed E-state index contributed by atoms with van der Waals surface area (Å²) in [6.07, 6.45) is 0. The summed E-state index contributed by atoms with van der Waals surface area (Å²) in [6.45, 7) is 2.91. The zero-order valence-corrected chi connectivity index (χ0v) is 15.2. The van der Waals surface area contributed by atoms with Crippen molar-refractivity contribution in [1.82, 2.24) is 10.1 Å². The fraction of sp³-hybridized carbons (Fsp3) is 0.238. The topological polar surface area (TPSA) is 58.8 Å². The molecule has 0 unspecified atom stereocenters. The highest BCUT2D eigenvalue weighted by Gasteiger charge is 2.25. The number of methoxy groups -OCH3 is 1. The van der Waals surface area contributed by atoms with Crippen LogP contribution in [-0.4, -0.2) is 49.3 Å². The lowest BCUT2D eigenvalue weighted by Crippen LogP contribution is -2.48. The number of piperazine rings is 1. The van der Waals surface area contributed by atoms with E-state index in [9.17, 15) is 4.79 Å². The highest BCUT2D eigenvalue weighted by molar-refractivity contribution is 5.92. The van der Waals surface area contributed by atoms with Gasteiger partial charge in [0.2, 0.25) is 5.76 Å². The van der Waals surface area contributed by atoms with Crippen LogP contribution in [0.4, 0.5) is 5.69 Å². The van der Waals surface area contributed by atoms with E-state index in [4.69, 9.17) is 9.26 Å². The number of rotatable bonds is 4. The molecule has 0 aliphatic carbocycles. The third-order valence-corrected chi connectivity index (χ3v) is 4.77. The average Bonchev–Trinajstić information content (AvgIpc) is 3.24. The lowest BCUT2D eigenvalue weighted by Gasteiger charge is -2.35. The molecule has 0 N–H and O–H groups in total. The van der Waals surface area contributed by atoms with E-state index in [1.807, 2.05) is 47.4 Å². The van der Waals surface area contributed by atoms with E-state index in [0.717, 1.165) is 24.4 Å². The average molecular weight is 363 g/mol. The molecular weight excluding hydrogens is 342 g/mol. The van der Waals surface area contributed by atoms with E-state index in [1.165, 1.54) is 5.69 Å². The van der Waals surface area contributed by atoms with Crippen LogP contribution in [0.25, 0.3) is 11.3 Å². The standard InChI is InChI=1S/C21H21N3O3/c1-26-18-9-5-6-16(14-18)19-15-20(27-22-19)21(25)24-12-10-23(11-13-24)17-7-3-2-4-8-17/h2-9,14-15H,10-13H2,1H3. The molecule has 1 aliphatic rings. The maximum atomic E-state index is 12.8. The Hall–Kier alpha value is -3.28. The van der Waals surface area contributed by atoms with Crippen molar-refractivity contribution in [3.05, 3.63) is 66.4 Å². The van der Waals surface area contributed by atoms with Crippen LogP contribution in [0.3, 0.4) is 0 Å². The van der Waals surface area contributed by atoms with Gasteiger partial charge in [0.05, 0.1) is 7.11 Å². The van der Waals surface area contributed by atoms with Crippen LogP contribution in [0.15, 0.2) is 65.2 Å². The number of nitrogens with zero attached hydrogens (tertiary/aromatic N) is 3. The lowest BCUT2D eigenvalue weighted by molar-refractivity contribution is 0.0705. The molecule has 27 heavy (non-hydrogen) atoms. The number of hydrogen-bond acceptors (Lipinski definition) is 5. The van der Waals surface area contributed by atoms with E-state index in [2.05, 4.69) is 22.2 Å². The van der Waals surface area contributed by atoms with Gasteiger partial charge in [-0.3, -0.25) is 4.79 Å². The molecule has 2 heterocycles. The molecule has 3 aromatic rings. The molecular formula is C21H21N3O3. The fourth-order valence-electron chi connectivity index (χ4n) is 3.26. The molecule has 2 aromatic carbocycles. The maximum Gasteiger partial charge on any atom is 0.292 e. The predicted molar refractivity (Wildman–Crippen MR) is 103 cm³/mol. The highest BCUT2D eigenvalue weighted by atomic mass is 16.5. The van der Waals surface area contributed by atoms with Crippen LogP contribution in [-0.2, 0) is 0 Å². The predicted octanol–water partition coefficient (Wildman–Crippen LogP) is 3.31. The molecule has 1 saturated heterocycles. The summed E-state index contributed by atoms with van der Waals surface area (Å²) < 4.78 is 10.6. The van der Waals surface area contributed by atoms with Gasteiger partial charge in [-0.15, -0.1) is 0 Å². The number of aromatic nitrogens is 1. The summed E-state index contributed by atoms with van der Waals surface area (Å²) in [5, 5.41) is 4.05. The largest absolute Gasteiger partial charge is 0.497 e. The Morgan fingerprint density at radius 3 is 2.52 bits per heavy atom. The second-order valence-corrected chi connectivity index (χ2v) is 6.42. The maximum absolute atomic E-state index is 12.8. The van der Waals surface area contributed by atoms with Crippen molar-refractivity contribution in [3.8, 4) is 17.0 Å². The molecule has 6 nitrogen and oxygen atoms in total. The minimum Gasteiger partial charge on any atom is -0.497 e. The fourth-order valence-corrected chi connectivity index (χ4v) is 3.26. The summed E-state index contributed by atoms with van der Waals surface area (Å²) >= 11 is 0.